The van der Waals surface area contributed by atoms with Gasteiger partial charge in [0.15, 0.2) is 5.65 Å². The number of fused-ring (bicyclic) bond motifs is 5. The first-order valence-electron chi connectivity index (χ1n) is 11.6. The molecule has 0 radical (unpaired) electrons. The highest BCUT2D eigenvalue weighted by atomic mass is 35.5. The summed E-state index contributed by atoms with van der Waals surface area (Å²) in [6, 6.07) is 4.61. The van der Waals surface area contributed by atoms with Gasteiger partial charge < -0.3 is 9.64 Å². The van der Waals surface area contributed by atoms with E-state index >= 15 is 0 Å². The summed E-state index contributed by atoms with van der Waals surface area (Å²) in [5, 5.41) is 4.99. The molecular weight excluding hydrogens is 464 g/mol. The first-order valence-corrected chi connectivity index (χ1v) is 12.0. The zero-order valence-corrected chi connectivity index (χ0v) is 19.2. The fourth-order valence-corrected chi connectivity index (χ4v) is 5.91. The molecule has 1 amide bonds. The average Bonchev–Trinajstić information content (AvgIpc) is 3.42. The molecule has 7 nitrogen and oxygen atoms in total. The van der Waals surface area contributed by atoms with Crippen molar-refractivity contribution in [2.24, 2.45) is 0 Å². The van der Waals surface area contributed by atoms with E-state index in [0.717, 1.165) is 36.9 Å². The lowest BCUT2D eigenvalue weighted by Gasteiger charge is -2.38. The van der Waals surface area contributed by atoms with Crippen LogP contribution in [0.1, 0.15) is 47.3 Å². The number of hydrogen-bond donors (Lipinski definition) is 0. The number of aromatic nitrogens is 3. The van der Waals surface area contributed by atoms with E-state index in [1.54, 1.807) is 21.8 Å². The maximum absolute atomic E-state index is 14.2. The van der Waals surface area contributed by atoms with Crippen LogP contribution >= 0.6 is 11.6 Å². The van der Waals surface area contributed by atoms with Crippen LogP contribution in [-0.2, 0) is 13.1 Å². The van der Waals surface area contributed by atoms with E-state index in [1.807, 2.05) is 0 Å². The molecule has 0 spiro atoms. The molecular formula is C24H24ClF2N5O2. The van der Waals surface area contributed by atoms with Crippen LogP contribution in [0, 0.1) is 5.82 Å². The van der Waals surface area contributed by atoms with Crippen LogP contribution in [0.5, 0.6) is 5.75 Å². The second-order valence-corrected chi connectivity index (χ2v) is 9.73. The minimum absolute atomic E-state index is 0.129. The summed E-state index contributed by atoms with van der Waals surface area (Å²) in [5.41, 5.74) is 2.65. The van der Waals surface area contributed by atoms with E-state index in [9.17, 15) is 13.6 Å². The predicted molar refractivity (Wildman–Crippen MR) is 121 cm³/mol. The lowest BCUT2D eigenvalue weighted by Crippen LogP contribution is -2.47. The van der Waals surface area contributed by atoms with Crippen molar-refractivity contribution in [3.8, 4) is 5.75 Å². The summed E-state index contributed by atoms with van der Waals surface area (Å²) in [6.45, 7) is 0.783. The maximum Gasteiger partial charge on any atom is 0.258 e. The topological polar surface area (TPSA) is 63.0 Å². The second kappa shape index (κ2) is 8.46. The first-order chi connectivity index (χ1) is 16.5. The molecule has 34 heavy (non-hydrogen) atoms. The Morgan fingerprint density at radius 2 is 2.00 bits per heavy atom. The van der Waals surface area contributed by atoms with Gasteiger partial charge in [0.25, 0.3) is 5.91 Å². The minimum atomic E-state index is -0.451. The van der Waals surface area contributed by atoms with Gasteiger partial charge in [-0.3, -0.25) is 9.69 Å². The monoisotopic (exact) mass is 487 g/mol. The first kappa shape index (κ1) is 21.7. The van der Waals surface area contributed by atoms with Crippen molar-refractivity contribution in [3.63, 3.8) is 0 Å². The fourth-order valence-electron chi connectivity index (χ4n) is 5.77. The van der Waals surface area contributed by atoms with E-state index < -0.39 is 5.82 Å². The number of rotatable bonds is 5. The number of hydrogen-bond acceptors (Lipinski definition) is 5. The maximum atomic E-state index is 14.2. The number of nitrogens with zero attached hydrogens (tertiary/aromatic N) is 5. The number of carbonyl (C=O) groups excluding carboxylic acids is 1. The molecule has 2 bridgehead atoms. The second-order valence-electron chi connectivity index (χ2n) is 9.29. The van der Waals surface area contributed by atoms with E-state index in [2.05, 4.69) is 15.0 Å². The van der Waals surface area contributed by atoms with Crippen LogP contribution < -0.4 is 4.74 Å². The van der Waals surface area contributed by atoms with Crippen molar-refractivity contribution >= 4 is 23.2 Å². The molecule has 3 aliphatic heterocycles. The van der Waals surface area contributed by atoms with Crippen LogP contribution in [0.3, 0.4) is 0 Å². The standard InChI is InChI=1S/C24H24ClF2N5O2/c25-14-10-28-23-20-12-30(13-21(20)29-32(23)11-14)24(33)19-4-1-15(27)7-22(19)34-18-8-16-2-3-17(9-18)31(16)6-5-26/h1,4,7,10-11,16-18H,2-3,5-6,8-9,12-13H2/t16-,17+,18?. The molecule has 5 heterocycles. The third-order valence-corrected chi connectivity index (χ3v) is 7.44. The van der Waals surface area contributed by atoms with Gasteiger partial charge in [-0.2, -0.15) is 5.10 Å². The molecule has 2 fully saturated rings. The normalized spacial score (nSPS) is 24.1. The molecule has 2 saturated heterocycles. The molecule has 0 saturated carbocycles. The smallest absolute Gasteiger partial charge is 0.258 e. The van der Waals surface area contributed by atoms with E-state index in [4.69, 9.17) is 16.3 Å². The SMILES string of the molecule is O=C(c1ccc(F)cc1OC1C[C@H]2CC[C@@H](C1)N2CCF)N1Cc2nn3cc(Cl)cnc3c2C1. The fraction of sp³-hybridized carbons (Fsp3) is 0.458. The van der Waals surface area contributed by atoms with E-state index in [1.165, 1.54) is 18.2 Å². The summed E-state index contributed by atoms with van der Waals surface area (Å²) >= 11 is 6.00. The quantitative estimate of drug-likeness (QED) is 0.544. The van der Waals surface area contributed by atoms with Gasteiger partial charge in [0.2, 0.25) is 0 Å². The highest BCUT2D eigenvalue weighted by Crippen LogP contribution is 2.38. The lowest BCUT2D eigenvalue weighted by molar-refractivity contribution is 0.0445. The van der Waals surface area contributed by atoms with Crippen molar-refractivity contribution in [1.29, 1.82) is 0 Å². The third kappa shape index (κ3) is 3.71. The summed E-state index contributed by atoms with van der Waals surface area (Å²) in [5.74, 6) is -0.428. The van der Waals surface area contributed by atoms with Crippen LogP contribution in [0.15, 0.2) is 30.6 Å². The molecule has 0 N–H and O–H groups in total. The zero-order valence-electron chi connectivity index (χ0n) is 18.5. The molecule has 1 aromatic carbocycles. The van der Waals surface area contributed by atoms with Crippen LogP contribution in [-0.4, -0.2) is 61.7 Å². The van der Waals surface area contributed by atoms with Crippen LogP contribution in [0.4, 0.5) is 8.78 Å². The van der Waals surface area contributed by atoms with Gasteiger partial charge >= 0.3 is 0 Å². The molecule has 178 valence electrons. The van der Waals surface area contributed by atoms with Crippen molar-refractivity contribution in [2.45, 2.75) is 57.0 Å². The average molecular weight is 488 g/mol. The van der Waals surface area contributed by atoms with Gasteiger partial charge in [0.05, 0.1) is 35.6 Å². The molecule has 3 atom stereocenters. The molecule has 3 aromatic rings. The summed E-state index contributed by atoms with van der Waals surface area (Å²) in [6.07, 6.45) is 6.66. The number of piperidine rings is 1. The number of alkyl halides is 1. The van der Waals surface area contributed by atoms with Crippen molar-refractivity contribution in [3.05, 3.63) is 58.3 Å². The van der Waals surface area contributed by atoms with Crippen molar-refractivity contribution in [1.82, 2.24) is 24.4 Å². The van der Waals surface area contributed by atoms with Gasteiger partial charge in [-0.15, -0.1) is 0 Å². The molecule has 6 rings (SSSR count). The molecule has 2 aromatic heterocycles. The third-order valence-electron chi connectivity index (χ3n) is 7.25. The van der Waals surface area contributed by atoms with Crippen molar-refractivity contribution in [2.75, 3.05) is 13.2 Å². The van der Waals surface area contributed by atoms with Gasteiger partial charge in [0.1, 0.15) is 24.3 Å². The summed E-state index contributed by atoms with van der Waals surface area (Å²) < 4.78 is 35.0. The summed E-state index contributed by atoms with van der Waals surface area (Å²) in [4.78, 5) is 21.7. The van der Waals surface area contributed by atoms with Gasteiger partial charge in [-0.05, 0) is 37.8 Å². The van der Waals surface area contributed by atoms with E-state index in [0.29, 0.717) is 35.9 Å². The lowest BCUT2D eigenvalue weighted by atomic mass is 9.99. The van der Waals surface area contributed by atoms with E-state index in [-0.39, 0.29) is 36.5 Å². The Hall–Kier alpha value is -2.78. The van der Waals surface area contributed by atoms with Crippen LogP contribution in [0.25, 0.3) is 5.65 Å². The number of carbonyl (C=O) groups is 1. The van der Waals surface area contributed by atoms with Gasteiger partial charge in [-0.25, -0.2) is 18.3 Å². The molecule has 3 aliphatic rings. The number of ether oxygens (including phenoxy) is 1. The largest absolute Gasteiger partial charge is 0.489 e. The Morgan fingerprint density at radius 3 is 2.76 bits per heavy atom. The Labute approximate surface area is 200 Å². The van der Waals surface area contributed by atoms with Gasteiger partial charge in [0, 0.05) is 36.5 Å². The molecule has 10 heteroatoms. The van der Waals surface area contributed by atoms with Gasteiger partial charge in [-0.1, -0.05) is 11.6 Å². The number of amides is 1. The van der Waals surface area contributed by atoms with Crippen LogP contribution in [0.2, 0.25) is 5.02 Å². The number of benzene rings is 1. The molecule has 1 unspecified atom stereocenters. The minimum Gasteiger partial charge on any atom is -0.489 e. The Bertz CT molecular complexity index is 1250. The number of halogens is 3. The molecule has 0 aliphatic carbocycles. The van der Waals surface area contributed by atoms with Crippen molar-refractivity contribution < 1.29 is 18.3 Å². The highest BCUT2D eigenvalue weighted by Gasteiger charge is 2.41. The highest BCUT2D eigenvalue weighted by molar-refractivity contribution is 6.30. The summed E-state index contributed by atoms with van der Waals surface area (Å²) in [7, 11) is 0. The Kier molecular flexibility index (Phi) is 5.41. The Balaban J connectivity index is 1.21. The zero-order chi connectivity index (χ0) is 23.4. The predicted octanol–water partition coefficient (Wildman–Crippen LogP) is 4.02. The Morgan fingerprint density at radius 1 is 1.21 bits per heavy atom.